The van der Waals surface area contributed by atoms with Gasteiger partial charge in [-0.2, -0.15) is 0 Å². The summed E-state index contributed by atoms with van der Waals surface area (Å²) in [5, 5.41) is 13.3. The summed E-state index contributed by atoms with van der Waals surface area (Å²) in [6.45, 7) is 11.2. The van der Waals surface area contributed by atoms with Crippen LogP contribution in [0.3, 0.4) is 0 Å². The molecule has 4 nitrogen and oxygen atoms in total. The summed E-state index contributed by atoms with van der Waals surface area (Å²) < 4.78 is 0. The first-order valence-corrected chi connectivity index (χ1v) is 5.44. The molecule has 0 amide bonds. The number of anilines is 1. The van der Waals surface area contributed by atoms with Crippen LogP contribution in [-0.4, -0.2) is 26.2 Å². The van der Waals surface area contributed by atoms with Crippen LogP contribution in [0, 0.1) is 13.8 Å². The number of rotatable bonds is 3. The lowest BCUT2D eigenvalue weighted by Gasteiger charge is -2.38. The van der Waals surface area contributed by atoms with E-state index in [1.807, 2.05) is 27.7 Å². The van der Waals surface area contributed by atoms with E-state index in [9.17, 15) is 5.11 Å². The zero-order valence-electron chi connectivity index (χ0n) is 10.9. The van der Waals surface area contributed by atoms with Crippen LogP contribution in [0.4, 0.5) is 5.82 Å². The Balaban J connectivity index is 3.01. The first kappa shape index (κ1) is 12.9. The molecular weight excluding hydrogens is 202 g/mol. The number of aromatic nitrogens is 2. The van der Waals surface area contributed by atoms with Crippen LogP contribution in [-0.2, 0) is 0 Å². The van der Waals surface area contributed by atoms with Crippen LogP contribution in [0.5, 0.6) is 0 Å². The second kappa shape index (κ2) is 4.01. The van der Waals surface area contributed by atoms with Crippen molar-refractivity contribution in [3.05, 3.63) is 17.6 Å². The van der Waals surface area contributed by atoms with E-state index < -0.39 is 11.1 Å². The summed E-state index contributed by atoms with van der Waals surface area (Å²) >= 11 is 0. The first-order chi connectivity index (χ1) is 7.13. The summed E-state index contributed by atoms with van der Waals surface area (Å²) in [6, 6.07) is 0. The number of nitrogens with one attached hydrogen (secondary N) is 1. The Bertz CT molecular complexity index is 380. The normalized spacial score (nSPS) is 12.7. The van der Waals surface area contributed by atoms with Crippen molar-refractivity contribution in [2.45, 2.75) is 52.7 Å². The summed E-state index contributed by atoms with van der Waals surface area (Å²) in [7, 11) is 0. The van der Waals surface area contributed by atoms with Crippen molar-refractivity contribution >= 4 is 5.82 Å². The van der Waals surface area contributed by atoms with Gasteiger partial charge in [0.1, 0.15) is 5.82 Å². The maximum atomic E-state index is 10.1. The predicted molar refractivity (Wildman–Crippen MR) is 65.5 cm³/mol. The summed E-state index contributed by atoms with van der Waals surface area (Å²) in [5.74, 6) is 0.729. The van der Waals surface area contributed by atoms with Crippen molar-refractivity contribution in [3.8, 4) is 0 Å². The summed E-state index contributed by atoms with van der Waals surface area (Å²) in [5.41, 5.74) is 0.382. The molecule has 16 heavy (non-hydrogen) atoms. The van der Waals surface area contributed by atoms with Gasteiger partial charge in [-0.25, -0.2) is 4.98 Å². The molecule has 2 N–H and O–H groups in total. The molecular formula is C12H21N3O. The van der Waals surface area contributed by atoms with Gasteiger partial charge < -0.3 is 10.4 Å². The predicted octanol–water partition coefficient (Wildman–Crippen LogP) is 2.05. The lowest BCUT2D eigenvalue weighted by Crippen LogP contribution is -2.51. The third-order valence-corrected chi connectivity index (χ3v) is 3.04. The Kier molecular flexibility index (Phi) is 3.24. The molecule has 0 aromatic carbocycles. The fourth-order valence-electron chi connectivity index (χ4n) is 1.10. The molecule has 0 bridgehead atoms. The zero-order chi connectivity index (χ0) is 12.6. The lowest BCUT2D eigenvalue weighted by molar-refractivity contribution is 0.0238. The molecule has 4 heteroatoms. The van der Waals surface area contributed by atoms with Crippen LogP contribution < -0.4 is 5.32 Å². The van der Waals surface area contributed by atoms with Crippen molar-refractivity contribution in [1.82, 2.24) is 9.97 Å². The van der Waals surface area contributed by atoms with Gasteiger partial charge >= 0.3 is 0 Å². The first-order valence-electron chi connectivity index (χ1n) is 5.44. The van der Waals surface area contributed by atoms with Crippen LogP contribution >= 0.6 is 0 Å². The molecule has 1 aromatic rings. The highest BCUT2D eigenvalue weighted by Gasteiger charge is 2.35. The van der Waals surface area contributed by atoms with E-state index in [4.69, 9.17) is 0 Å². The number of aryl methyl sites for hydroxylation is 2. The van der Waals surface area contributed by atoms with Gasteiger partial charge in [-0.05, 0) is 41.5 Å². The Morgan fingerprint density at radius 2 is 1.75 bits per heavy atom. The van der Waals surface area contributed by atoms with Crippen molar-refractivity contribution in [3.63, 3.8) is 0 Å². The summed E-state index contributed by atoms with van der Waals surface area (Å²) in [4.78, 5) is 8.62. The van der Waals surface area contributed by atoms with Gasteiger partial charge in [0.15, 0.2) is 0 Å². The Morgan fingerprint density at radius 1 is 1.19 bits per heavy atom. The van der Waals surface area contributed by atoms with Crippen LogP contribution in [0.15, 0.2) is 6.20 Å². The quantitative estimate of drug-likeness (QED) is 0.823. The standard InChI is InChI=1S/C12H21N3O/c1-8-7-13-9(2)10(14-8)15-11(3,4)12(5,6)16/h7,16H,1-6H3,(H,14,15). The van der Waals surface area contributed by atoms with E-state index in [1.165, 1.54) is 0 Å². The molecule has 0 fully saturated rings. The third-order valence-electron chi connectivity index (χ3n) is 3.04. The van der Waals surface area contributed by atoms with Crippen LogP contribution in [0.2, 0.25) is 0 Å². The van der Waals surface area contributed by atoms with Crippen molar-refractivity contribution in [2.24, 2.45) is 0 Å². The van der Waals surface area contributed by atoms with E-state index in [0.717, 1.165) is 17.2 Å². The monoisotopic (exact) mass is 223 g/mol. The van der Waals surface area contributed by atoms with Gasteiger partial charge in [-0.3, -0.25) is 4.98 Å². The van der Waals surface area contributed by atoms with Crippen LogP contribution in [0.1, 0.15) is 39.1 Å². The van der Waals surface area contributed by atoms with Gasteiger partial charge in [0.05, 0.1) is 22.5 Å². The van der Waals surface area contributed by atoms with E-state index in [2.05, 4.69) is 15.3 Å². The Hall–Kier alpha value is -1.16. The molecule has 0 aliphatic heterocycles. The third kappa shape index (κ3) is 2.70. The number of hydrogen-bond acceptors (Lipinski definition) is 4. The van der Waals surface area contributed by atoms with Crippen molar-refractivity contribution in [2.75, 3.05) is 5.32 Å². The Morgan fingerprint density at radius 3 is 2.25 bits per heavy atom. The second-order valence-corrected chi connectivity index (χ2v) is 5.25. The molecule has 0 unspecified atom stereocenters. The van der Waals surface area contributed by atoms with E-state index in [-0.39, 0.29) is 0 Å². The molecule has 1 rings (SSSR count). The second-order valence-electron chi connectivity index (χ2n) is 5.25. The van der Waals surface area contributed by atoms with Gasteiger partial charge in [0, 0.05) is 6.20 Å². The van der Waals surface area contributed by atoms with Crippen molar-refractivity contribution < 1.29 is 5.11 Å². The average Bonchev–Trinajstić information content (AvgIpc) is 2.09. The Labute approximate surface area is 97.1 Å². The molecule has 0 spiro atoms. The topological polar surface area (TPSA) is 58.0 Å². The van der Waals surface area contributed by atoms with E-state index >= 15 is 0 Å². The highest BCUT2D eigenvalue weighted by molar-refractivity contribution is 5.43. The minimum Gasteiger partial charge on any atom is -0.388 e. The van der Waals surface area contributed by atoms with Gasteiger partial charge in [0.25, 0.3) is 0 Å². The number of nitrogens with zero attached hydrogens (tertiary/aromatic N) is 2. The molecule has 1 heterocycles. The molecule has 0 aliphatic rings. The molecule has 0 radical (unpaired) electrons. The van der Waals surface area contributed by atoms with Gasteiger partial charge in [0.2, 0.25) is 0 Å². The molecule has 0 atom stereocenters. The zero-order valence-corrected chi connectivity index (χ0v) is 10.9. The molecule has 90 valence electrons. The minimum atomic E-state index is -0.842. The molecule has 0 saturated heterocycles. The van der Waals surface area contributed by atoms with Crippen LogP contribution in [0.25, 0.3) is 0 Å². The summed E-state index contributed by atoms with van der Waals surface area (Å²) in [6.07, 6.45) is 1.73. The maximum absolute atomic E-state index is 10.1. The minimum absolute atomic E-state index is 0.472. The number of hydrogen-bond donors (Lipinski definition) is 2. The fourth-order valence-corrected chi connectivity index (χ4v) is 1.10. The van der Waals surface area contributed by atoms with E-state index in [1.54, 1.807) is 20.0 Å². The van der Waals surface area contributed by atoms with Crippen molar-refractivity contribution in [1.29, 1.82) is 0 Å². The van der Waals surface area contributed by atoms with E-state index in [0.29, 0.717) is 0 Å². The largest absolute Gasteiger partial charge is 0.388 e. The number of aliphatic hydroxyl groups is 1. The molecule has 0 aliphatic carbocycles. The molecule has 0 saturated carbocycles. The molecule has 1 aromatic heterocycles. The highest BCUT2D eigenvalue weighted by Crippen LogP contribution is 2.25. The maximum Gasteiger partial charge on any atom is 0.148 e. The SMILES string of the molecule is Cc1cnc(C)c(NC(C)(C)C(C)(C)O)n1. The average molecular weight is 223 g/mol. The highest BCUT2D eigenvalue weighted by atomic mass is 16.3. The van der Waals surface area contributed by atoms with Gasteiger partial charge in [-0.1, -0.05) is 0 Å². The van der Waals surface area contributed by atoms with Gasteiger partial charge in [-0.15, -0.1) is 0 Å². The smallest absolute Gasteiger partial charge is 0.148 e. The lowest BCUT2D eigenvalue weighted by atomic mass is 9.86. The fraction of sp³-hybridized carbons (Fsp3) is 0.667.